The van der Waals surface area contributed by atoms with Crippen molar-refractivity contribution in [2.75, 3.05) is 33.9 Å². The van der Waals surface area contributed by atoms with E-state index in [1.54, 1.807) is 0 Å². The number of rotatable bonds is 5. The fraction of sp³-hybridized carbons (Fsp3) is 0.588. The summed E-state index contributed by atoms with van der Waals surface area (Å²) < 4.78 is 11.5. The smallest absolute Gasteiger partial charge is 0.193 e. The molecule has 5 nitrogen and oxygen atoms in total. The van der Waals surface area contributed by atoms with Crippen molar-refractivity contribution in [3.05, 3.63) is 29.3 Å². The SMILES string of the molecule is CCNC(=NCc1ccc(C)cc1O[C@H]1CCOC1)N(C)C. The van der Waals surface area contributed by atoms with Crippen LogP contribution in [0.15, 0.2) is 23.2 Å². The Morgan fingerprint density at radius 1 is 1.45 bits per heavy atom. The lowest BCUT2D eigenvalue weighted by Crippen LogP contribution is -2.36. The van der Waals surface area contributed by atoms with E-state index in [1.165, 1.54) is 5.56 Å². The predicted molar refractivity (Wildman–Crippen MR) is 89.5 cm³/mol. The molecule has 2 rings (SSSR count). The van der Waals surface area contributed by atoms with E-state index >= 15 is 0 Å². The van der Waals surface area contributed by atoms with Gasteiger partial charge in [-0.25, -0.2) is 4.99 Å². The lowest BCUT2D eigenvalue weighted by molar-refractivity contribution is 0.140. The summed E-state index contributed by atoms with van der Waals surface area (Å²) in [7, 11) is 3.98. The summed E-state index contributed by atoms with van der Waals surface area (Å²) in [6, 6.07) is 6.29. The van der Waals surface area contributed by atoms with E-state index < -0.39 is 0 Å². The number of aliphatic imine (C=N–C) groups is 1. The minimum atomic E-state index is 0.159. The molecule has 0 saturated carbocycles. The number of nitrogens with zero attached hydrogens (tertiary/aromatic N) is 2. The van der Waals surface area contributed by atoms with E-state index in [4.69, 9.17) is 9.47 Å². The molecule has 0 radical (unpaired) electrons. The Kier molecular flexibility index (Phi) is 6.07. The van der Waals surface area contributed by atoms with Crippen molar-refractivity contribution >= 4 is 5.96 Å². The summed E-state index contributed by atoms with van der Waals surface area (Å²) in [5, 5.41) is 3.27. The van der Waals surface area contributed by atoms with E-state index in [2.05, 4.69) is 42.4 Å². The van der Waals surface area contributed by atoms with Crippen molar-refractivity contribution in [1.82, 2.24) is 10.2 Å². The van der Waals surface area contributed by atoms with E-state index in [0.717, 1.165) is 36.8 Å². The Bertz CT molecular complexity index is 509. The molecule has 1 N–H and O–H groups in total. The van der Waals surface area contributed by atoms with Crippen molar-refractivity contribution in [3.8, 4) is 5.75 Å². The molecule has 1 aliphatic rings. The van der Waals surface area contributed by atoms with Crippen LogP contribution < -0.4 is 10.1 Å². The minimum absolute atomic E-state index is 0.159. The summed E-state index contributed by atoms with van der Waals surface area (Å²) in [4.78, 5) is 6.66. The average Bonchev–Trinajstić information content (AvgIpc) is 2.97. The van der Waals surface area contributed by atoms with Gasteiger partial charge in [0.15, 0.2) is 5.96 Å². The van der Waals surface area contributed by atoms with Crippen LogP contribution in [0, 0.1) is 6.92 Å². The Morgan fingerprint density at radius 3 is 2.91 bits per heavy atom. The molecule has 1 aromatic rings. The molecule has 0 bridgehead atoms. The number of guanidine groups is 1. The molecule has 0 aromatic heterocycles. The standard InChI is InChI=1S/C17H27N3O2/c1-5-18-17(20(3)4)19-11-14-7-6-13(2)10-16(14)22-15-8-9-21-12-15/h6-7,10,15H,5,8-9,11-12H2,1-4H3,(H,18,19)/t15-/m0/s1. The van der Waals surface area contributed by atoms with Crippen molar-refractivity contribution in [3.63, 3.8) is 0 Å². The van der Waals surface area contributed by atoms with Crippen molar-refractivity contribution < 1.29 is 9.47 Å². The summed E-state index contributed by atoms with van der Waals surface area (Å²) in [6.07, 6.45) is 1.11. The number of hydrogen-bond acceptors (Lipinski definition) is 3. The topological polar surface area (TPSA) is 46.1 Å². The lowest BCUT2D eigenvalue weighted by Gasteiger charge is -2.18. The third-order valence-electron chi connectivity index (χ3n) is 3.56. The van der Waals surface area contributed by atoms with Crippen LogP contribution in [0.5, 0.6) is 5.75 Å². The largest absolute Gasteiger partial charge is 0.488 e. The van der Waals surface area contributed by atoms with Crippen molar-refractivity contribution in [1.29, 1.82) is 0 Å². The predicted octanol–water partition coefficient (Wildman–Crippen LogP) is 2.19. The number of aryl methyl sites for hydroxylation is 1. The zero-order valence-corrected chi connectivity index (χ0v) is 14.1. The molecule has 22 heavy (non-hydrogen) atoms. The van der Waals surface area contributed by atoms with Crippen LogP contribution >= 0.6 is 0 Å². The molecule has 122 valence electrons. The fourth-order valence-electron chi connectivity index (χ4n) is 2.36. The summed E-state index contributed by atoms with van der Waals surface area (Å²) >= 11 is 0. The molecule has 1 heterocycles. The Morgan fingerprint density at radius 2 is 2.27 bits per heavy atom. The van der Waals surface area contributed by atoms with Gasteiger partial charge in [-0.2, -0.15) is 0 Å². The maximum atomic E-state index is 6.11. The molecule has 1 saturated heterocycles. The van der Waals surface area contributed by atoms with Gasteiger partial charge in [0.1, 0.15) is 11.9 Å². The Labute approximate surface area is 133 Å². The van der Waals surface area contributed by atoms with Gasteiger partial charge in [0.25, 0.3) is 0 Å². The number of ether oxygens (including phenoxy) is 2. The van der Waals surface area contributed by atoms with Gasteiger partial charge in [-0.05, 0) is 25.5 Å². The van der Waals surface area contributed by atoms with Gasteiger partial charge in [-0.15, -0.1) is 0 Å². The maximum absolute atomic E-state index is 6.11. The monoisotopic (exact) mass is 305 g/mol. The molecule has 0 unspecified atom stereocenters. The van der Waals surface area contributed by atoms with Gasteiger partial charge in [-0.1, -0.05) is 12.1 Å². The number of benzene rings is 1. The number of nitrogens with one attached hydrogen (secondary N) is 1. The highest BCUT2D eigenvalue weighted by atomic mass is 16.5. The van der Waals surface area contributed by atoms with Gasteiger partial charge in [0.2, 0.25) is 0 Å². The van der Waals surface area contributed by atoms with Crippen LogP contribution in [0.25, 0.3) is 0 Å². The molecule has 1 aliphatic heterocycles. The molecule has 0 spiro atoms. The van der Waals surface area contributed by atoms with Crippen LogP contribution in [0.1, 0.15) is 24.5 Å². The third kappa shape index (κ3) is 4.63. The van der Waals surface area contributed by atoms with Crippen LogP contribution in [-0.4, -0.2) is 50.8 Å². The van der Waals surface area contributed by atoms with Gasteiger partial charge in [-0.3, -0.25) is 0 Å². The van der Waals surface area contributed by atoms with Crippen LogP contribution in [0.4, 0.5) is 0 Å². The first-order valence-corrected chi connectivity index (χ1v) is 7.89. The molecule has 0 amide bonds. The van der Waals surface area contributed by atoms with E-state index in [0.29, 0.717) is 13.2 Å². The molecule has 0 aliphatic carbocycles. The first-order valence-electron chi connectivity index (χ1n) is 7.89. The highest BCUT2D eigenvalue weighted by molar-refractivity contribution is 5.79. The van der Waals surface area contributed by atoms with Gasteiger partial charge < -0.3 is 19.7 Å². The molecule has 5 heteroatoms. The molecular weight excluding hydrogens is 278 g/mol. The summed E-state index contributed by atoms with van der Waals surface area (Å²) in [6.45, 7) is 7.07. The van der Waals surface area contributed by atoms with E-state index in [9.17, 15) is 0 Å². The van der Waals surface area contributed by atoms with Gasteiger partial charge in [0.05, 0.1) is 19.8 Å². The average molecular weight is 305 g/mol. The molecule has 1 aromatic carbocycles. The first kappa shape index (κ1) is 16.6. The maximum Gasteiger partial charge on any atom is 0.193 e. The second-order valence-corrected chi connectivity index (χ2v) is 5.78. The van der Waals surface area contributed by atoms with Crippen LogP contribution in [0.2, 0.25) is 0 Å². The zero-order chi connectivity index (χ0) is 15.9. The van der Waals surface area contributed by atoms with Gasteiger partial charge >= 0.3 is 0 Å². The van der Waals surface area contributed by atoms with Gasteiger partial charge in [0, 0.05) is 32.6 Å². The fourth-order valence-corrected chi connectivity index (χ4v) is 2.36. The quantitative estimate of drug-likeness (QED) is 0.669. The second-order valence-electron chi connectivity index (χ2n) is 5.78. The minimum Gasteiger partial charge on any atom is -0.488 e. The zero-order valence-electron chi connectivity index (χ0n) is 14.1. The highest BCUT2D eigenvalue weighted by Crippen LogP contribution is 2.24. The van der Waals surface area contributed by atoms with Crippen LogP contribution in [-0.2, 0) is 11.3 Å². The lowest BCUT2D eigenvalue weighted by atomic mass is 10.1. The first-order chi connectivity index (χ1) is 10.6. The highest BCUT2D eigenvalue weighted by Gasteiger charge is 2.18. The third-order valence-corrected chi connectivity index (χ3v) is 3.56. The summed E-state index contributed by atoms with van der Waals surface area (Å²) in [5.41, 5.74) is 2.30. The normalized spacial score (nSPS) is 18.4. The van der Waals surface area contributed by atoms with E-state index in [1.807, 2.05) is 19.0 Å². The Balaban J connectivity index is 2.13. The Hall–Kier alpha value is -1.75. The molecular formula is C17H27N3O2. The van der Waals surface area contributed by atoms with E-state index in [-0.39, 0.29) is 6.10 Å². The number of hydrogen-bond donors (Lipinski definition) is 1. The summed E-state index contributed by atoms with van der Waals surface area (Å²) in [5.74, 6) is 1.81. The second kappa shape index (κ2) is 8.03. The molecule has 1 atom stereocenters. The molecule has 1 fully saturated rings. The van der Waals surface area contributed by atoms with Crippen molar-refractivity contribution in [2.45, 2.75) is 32.9 Å². The van der Waals surface area contributed by atoms with Crippen molar-refractivity contribution in [2.24, 2.45) is 4.99 Å². The van der Waals surface area contributed by atoms with Crippen LogP contribution in [0.3, 0.4) is 0 Å².